The summed E-state index contributed by atoms with van der Waals surface area (Å²) in [6.45, 7) is 6.58. The lowest BCUT2D eigenvalue weighted by molar-refractivity contribution is -0.145. The minimum Gasteiger partial charge on any atom is -0.494 e. The Morgan fingerprint density at radius 2 is 1.62 bits per heavy atom. The van der Waals surface area contributed by atoms with E-state index in [9.17, 15) is 19.2 Å². The molecule has 0 fully saturated rings. The van der Waals surface area contributed by atoms with Crippen LogP contribution in [0.3, 0.4) is 0 Å². The molecule has 0 spiro atoms. The molecule has 0 aliphatic carbocycles. The summed E-state index contributed by atoms with van der Waals surface area (Å²) in [5, 5.41) is 22.7. The first-order chi connectivity index (χ1) is 17.4. The van der Waals surface area contributed by atoms with E-state index < -0.39 is 42.0 Å². The predicted molar refractivity (Wildman–Crippen MR) is 133 cm³/mol. The minimum absolute atomic E-state index is 0.131. The van der Waals surface area contributed by atoms with E-state index in [1.165, 1.54) is 6.07 Å². The first kappa shape index (κ1) is 29.2. The molecule has 0 radical (unpaired) electrons. The molecule has 2 rings (SSSR count). The van der Waals surface area contributed by atoms with Gasteiger partial charge in [-0.3, -0.25) is 9.59 Å². The number of aliphatic carboxylic acids is 2. The fourth-order valence-corrected chi connectivity index (χ4v) is 3.21. The molecule has 4 N–H and O–H groups in total. The Balaban J connectivity index is 1.71. The van der Waals surface area contributed by atoms with Crippen molar-refractivity contribution in [1.82, 2.24) is 10.6 Å². The normalized spacial score (nSPS) is 11.9. The molecule has 11 heteroatoms. The van der Waals surface area contributed by atoms with E-state index in [1.807, 2.05) is 20.8 Å². The number of ether oxygens (including phenoxy) is 2. The van der Waals surface area contributed by atoms with Gasteiger partial charge in [-0.05, 0) is 70.0 Å². The van der Waals surface area contributed by atoms with Crippen LogP contribution >= 0.6 is 0 Å². The number of carboxylic acid groups (broad SMARTS) is 2. The van der Waals surface area contributed by atoms with Crippen LogP contribution in [0.5, 0.6) is 5.75 Å². The Morgan fingerprint density at radius 3 is 2.24 bits per heavy atom. The topological polar surface area (TPSA) is 164 Å². The van der Waals surface area contributed by atoms with E-state index in [4.69, 9.17) is 24.1 Å². The molecule has 2 amide bonds. The van der Waals surface area contributed by atoms with Gasteiger partial charge in [0.1, 0.15) is 23.2 Å². The first-order valence-electron chi connectivity index (χ1n) is 12.0. The summed E-state index contributed by atoms with van der Waals surface area (Å²) < 4.78 is 16.4. The highest BCUT2D eigenvalue weighted by molar-refractivity contribution is 5.95. The molecule has 37 heavy (non-hydrogen) atoms. The van der Waals surface area contributed by atoms with Gasteiger partial charge in [-0.1, -0.05) is 12.8 Å². The number of unbranched alkanes of at least 4 members (excludes halogenated alkanes) is 3. The molecule has 1 heterocycles. The second-order valence-corrected chi connectivity index (χ2v) is 9.34. The van der Waals surface area contributed by atoms with E-state index in [-0.39, 0.29) is 5.76 Å². The minimum atomic E-state index is -1.57. The SMILES string of the molecule is CC(C)(C)OC(=O)NCCCCCCOc1ccc(-c2ccc(C(=O)N[C@@H](CC(=O)O)C(=O)O)o2)cc1. The molecular weight excluding hydrogens is 484 g/mol. The molecule has 0 bridgehead atoms. The summed E-state index contributed by atoms with van der Waals surface area (Å²) in [7, 11) is 0. The van der Waals surface area contributed by atoms with Gasteiger partial charge in [0.25, 0.3) is 5.91 Å². The molecular formula is C26H34N2O9. The molecule has 1 aromatic heterocycles. The maximum Gasteiger partial charge on any atom is 0.407 e. The maximum absolute atomic E-state index is 12.2. The zero-order valence-corrected chi connectivity index (χ0v) is 21.2. The predicted octanol–water partition coefficient (Wildman–Crippen LogP) is 4.07. The molecule has 0 aliphatic heterocycles. The van der Waals surface area contributed by atoms with Gasteiger partial charge in [-0.15, -0.1) is 0 Å². The molecule has 1 aromatic carbocycles. The maximum atomic E-state index is 12.2. The molecule has 2 aromatic rings. The van der Waals surface area contributed by atoms with E-state index in [1.54, 1.807) is 30.3 Å². The summed E-state index contributed by atoms with van der Waals surface area (Å²) in [4.78, 5) is 45.7. The lowest BCUT2D eigenvalue weighted by Crippen LogP contribution is -2.42. The Labute approximate surface area is 215 Å². The zero-order valence-electron chi connectivity index (χ0n) is 21.2. The average Bonchev–Trinajstić information content (AvgIpc) is 3.30. The van der Waals surface area contributed by atoms with Crippen molar-refractivity contribution < 1.29 is 43.3 Å². The van der Waals surface area contributed by atoms with Crippen molar-refractivity contribution in [3.05, 3.63) is 42.2 Å². The van der Waals surface area contributed by atoms with Crippen LogP contribution in [0.25, 0.3) is 11.3 Å². The zero-order chi connectivity index (χ0) is 27.4. The highest BCUT2D eigenvalue weighted by atomic mass is 16.6. The third-order valence-corrected chi connectivity index (χ3v) is 4.96. The van der Waals surface area contributed by atoms with Gasteiger partial charge < -0.3 is 34.7 Å². The summed E-state index contributed by atoms with van der Waals surface area (Å²) in [5.41, 5.74) is 0.180. The number of hydrogen-bond acceptors (Lipinski definition) is 7. The summed E-state index contributed by atoms with van der Waals surface area (Å²) in [6.07, 6.45) is 2.48. The second kappa shape index (κ2) is 13.9. The third kappa shape index (κ3) is 11.1. The molecule has 202 valence electrons. The lowest BCUT2D eigenvalue weighted by Gasteiger charge is -2.19. The van der Waals surface area contributed by atoms with Crippen LogP contribution in [0.4, 0.5) is 4.79 Å². The second-order valence-electron chi connectivity index (χ2n) is 9.34. The van der Waals surface area contributed by atoms with Gasteiger partial charge in [0, 0.05) is 12.1 Å². The van der Waals surface area contributed by atoms with Gasteiger partial charge in [0.2, 0.25) is 0 Å². The Morgan fingerprint density at radius 1 is 0.946 bits per heavy atom. The molecule has 11 nitrogen and oxygen atoms in total. The van der Waals surface area contributed by atoms with E-state index >= 15 is 0 Å². The number of alkyl carbamates (subject to hydrolysis) is 1. The summed E-state index contributed by atoms with van der Waals surface area (Å²) in [6, 6.07) is 8.47. The monoisotopic (exact) mass is 518 g/mol. The van der Waals surface area contributed by atoms with Crippen molar-refractivity contribution in [3.8, 4) is 17.1 Å². The van der Waals surface area contributed by atoms with Crippen LogP contribution < -0.4 is 15.4 Å². The van der Waals surface area contributed by atoms with Crippen LogP contribution in [-0.4, -0.2) is 58.9 Å². The molecule has 0 saturated carbocycles. The summed E-state index contributed by atoms with van der Waals surface area (Å²) >= 11 is 0. The molecule has 1 atom stereocenters. The van der Waals surface area contributed by atoms with Crippen LogP contribution in [0.1, 0.15) is 63.4 Å². The number of carbonyl (C=O) groups excluding carboxylic acids is 2. The van der Waals surface area contributed by atoms with Crippen molar-refractivity contribution in [2.24, 2.45) is 0 Å². The van der Waals surface area contributed by atoms with Gasteiger partial charge >= 0.3 is 18.0 Å². The number of carbonyl (C=O) groups is 4. The molecule has 0 unspecified atom stereocenters. The Hall–Kier alpha value is -4.02. The fraction of sp³-hybridized carbons (Fsp3) is 0.462. The number of furan rings is 1. The Kier molecular flexibility index (Phi) is 11.0. The van der Waals surface area contributed by atoms with E-state index in [2.05, 4.69) is 10.6 Å². The number of benzene rings is 1. The van der Waals surface area contributed by atoms with Gasteiger partial charge in [-0.25, -0.2) is 9.59 Å². The smallest absolute Gasteiger partial charge is 0.407 e. The standard InChI is InChI=1S/C26H34N2O9/c1-26(2,3)37-25(34)27-14-6-4-5-7-15-35-18-10-8-17(9-11-18)20-12-13-21(36-20)23(31)28-19(24(32)33)16-22(29)30/h8-13,19H,4-7,14-16H2,1-3H3,(H,27,34)(H,28,31)(H,29,30)(H,32,33)/t19-/m0/s1. The largest absolute Gasteiger partial charge is 0.494 e. The number of carboxylic acids is 2. The van der Waals surface area contributed by atoms with Gasteiger partial charge in [-0.2, -0.15) is 0 Å². The number of hydrogen-bond donors (Lipinski definition) is 4. The van der Waals surface area contributed by atoms with E-state index in [0.29, 0.717) is 30.2 Å². The van der Waals surface area contributed by atoms with Crippen LogP contribution in [0.15, 0.2) is 40.8 Å². The van der Waals surface area contributed by atoms with Gasteiger partial charge in [0.05, 0.1) is 13.0 Å². The lowest BCUT2D eigenvalue weighted by atomic mass is 10.1. The number of nitrogens with one attached hydrogen (secondary N) is 2. The van der Waals surface area contributed by atoms with Crippen LogP contribution in [0, 0.1) is 0 Å². The van der Waals surface area contributed by atoms with E-state index in [0.717, 1.165) is 25.7 Å². The highest BCUT2D eigenvalue weighted by Gasteiger charge is 2.25. The number of amides is 2. The third-order valence-electron chi connectivity index (χ3n) is 4.96. The molecule has 0 saturated heterocycles. The van der Waals surface area contributed by atoms with Crippen molar-refractivity contribution in [2.75, 3.05) is 13.2 Å². The van der Waals surface area contributed by atoms with Gasteiger partial charge in [0.15, 0.2) is 5.76 Å². The number of rotatable bonds is 14. The highest BCUT2D eigenvalue weighted by Crippen LogP contribution is 2.25. The first-order valence-corrected chi connectivity index (χ1v) is 12.0. The fourth-order valence-electron chi connectivity index (χ4n) is 3.21. The quantitative estimate of drug-likeness (QED) is 0.270. The van der Waals surface area contributed by atoms with Crippen molar-refractivity contribution >= 4 is 23.9 Å². The van der Waals surface area contributed by atoms with Crippen LogP contribution in [-0.2, 0) is 14.3 Å². The van der Waals surface area contributed by atoms with Crippen molar-refractivity contribution in [3.63, 3.8) is 0 Å². The van der Waals surface area contributed by atoms with Crippen molar-refractivity contribution in [2.45, 2.75) is 64.5 Å². The Bertz CT molecular complexity index is 1050. The van der Waals surface area contributed by atoms with Crippen molar-refractivity contribution in [1.29, 1.82) is 0 Å². The summed E-state index contributed by atoms with van der Waals surface area (Å²) in [5.74, 6) is -2.68. The van der Waals surface area contributed by atoms with Crippen LogP contribution in [0.2, 0.25) is 0 Å². The average molecular weight is 519 g/mol. The molecule has 0 aliphatic rings.